The molecule has 8 heteroatoms. The molecule has 0 bridgehead atoms. The predicted octanol–water partition coefficient (Wildman–Crippen LogP) is 3.29. The van der Waals surface area contributed by atoms with Crippen molar-refractivity contribution in [3.63, 3.8) is 0 Å². The molecule has 1 heterocycles. The minimum atomic E-state index is -0.370. The van der Waals surface area contributed by atoms with Crippen molar-refractivity contribution in [1.29, 1.82) is 0 Å². The minimum Gasteiger partial charge on any atom is -0.383 e. The zero-order valence-corrected chi connectivity index (χ0v) is 16.0. The van der Waals surface area contributed by atoms with E-state index in [4.69, 9.17) is 16.3 Å². The summed E-state index contributed by atoms with van der Waals surface area (Å²) in [6.07, 6.45) is 3.37. The van der Waals surface area contributed by atoms with E-state index in [1.165, 1.54) is 6.07 Å². The van der Waals surface area contributed by atoms with Crippen molar-refractivity contribution in [2.75, 3.05) is 20.3 Å². The Morgan fingerprint density at radius 1 is 1.46 bits per heavy atom. The van der Waals surface area contributed by atoms with Gasteiger partial charge in [-0.15, -0.1) is 0 Å². The van der Waals surface area contributed by atoms with Crippen LogP contribution in [-0.2, 0) is 17.8 Å². The van der Waals surface area contributed by atoms with Crippen LogP contribution in [0.5, 0.6) is 0 Å². The van der Waals surface area contributed by atoms with Crippen LogP contribution in [0.4, 0.5) is 9.18 Å². The van der Waals surface area contributed by atoms with Crippen LogP contribution in [0.1, 0.15) is 25.2 Å². The van der Waals surface area contributed by atoms with Crippen molar-refractivity contribution in [3.8, 4) is 0 Å². The van der Waals surface area contributed by atoms with E-state index in [1.807, 2.05) is 13.8 Å². The highest BCUT2D eigenvalue weighted by Crippen LogP contribution is 2.20. The van der Waals surface area contributed by atoms with Crippen LogP contribution < -0.4 is 5.32 Å². The Hall–Kier alpha value is -2.12. The summed E-state index contributed by atoms with van der Waals surface area (Å²) in [6, 6.07) is 4.41. The van der Waals surface area contributed by atoms with Gasteiger partial charge in [-0.3, -0.25) is 0 Å². The summed E-state index contributed by atoms with van der Waals surface area (Å²) < 4.78 is 20.9. The number of aromatic nitrogens is 2. The number of hydrogen-bond acceptors (Lipinski definition) is 3. The highest BCUT2D eigenvalue weighted by molar-refractivity contribution is 6.31. The number of amides is 2. The van der Waals surface area contributed by atoms with E-state index >= 15 is 0 Å². The molecular weight excluding hydrogens is 359 g/mol. The van der Waals surface area contributed by atoms with Gasteiger partial charge in [0.15, 0.2) is 0 Å². The number of methoxy groups -OCH3 is 1. The highest BCUT2D eigenvalue weighted by Gasteiger charge is 2.18. The van der Waals surface area contributed by atoms with E-state index in [0.29, 0.717) is 29.6 Å². The molecule has 1 aromatic heterocycles. The first kappa shape index (κ1) is 20.2. The van der Waals surface area contributed by atoms with E-state index in [0.717, 1.165) is 0 Å². The average molecular weight is 383 g/mol. The maximum absolute atomic E-state index is 14.1. The van der Waals surface area contributed by atoms with Crippen molar-refractivity contribution in [2.45, 2.75) is 33.0 Å². The largest absolute Gasteiger partial charge is 0.383 e. The van der Waals surface area contributed by atoms with Crippen LogP contribution in [0.2, 0.25) is 5.02 Å². The molecule has 0 aliphatic carbocycles. The summed E-state index contributed by atoms with van der Waals surface area (Å²) >= 11 is 6.12. The SMILES string of the molecule is COCCN(Cc1nccn1Cc1c(F)cccc1Cl)C(=O)NC(C)C. The molecule has 6 nitrogen and oxygen atoms in total. The van der Waals surface area contributed by atoms with Crippen molar-refractivity contribution >= 4 is 17.6 Å². The predicted molar refractivity (Wildman–Crippen MR) is 98.7 cm³/mol. The lowest BCUT2D eigenvalue weighted by Gasteiger charge is -2.24. The van der Waals surface area contributed by atoms with Gasteiger partial charge < -0.3 is 19.5 Å². The first-order chi connectivity index (χ1) is 12.4. The molecule has 0 saturated carbocycles. The molecule has 0 fully saturated rings. The lowest BCUT2D eigenvalue weighted by molar-refractivity contribution is 0.143. The Morgan fingerprint density at radius 2 is 2.23 bits per heavy atom. The Morgan fingerprint density at radius 3 is 2.88 bits per heavy atom. The standard InChI is InChI=1S/C18H24ClFN4O2/c1-13(2)22-18(25)24(9-10-26-3)12-17-21-7-8-23(17)11-14-15(19)5-4-6-16(14)20/h4-8,13H,9-12H2,1-3H3,(H,22,25). The van der Waals surface area contributed by atoms with Gasteiger partial charge in [0.2, 0.25) is 0 Å². The number of halogens is 2. The topological polar surface area (TPSA) is 59.4 Å². The summed E-state index contributed by atoms with van der Waals surface area (Å²) in [4.78, 5) is 18.3. The molecular formula is C18H24ClFN4O2. The fourth-order valence-electron chi connectivity index (χ4n) is 2.45. The molecule has 1 N–H and O–H groups in total. The van der Waals surface area contributed by atoms with E-state index in [-0.39, 0.29) is 31.0 Å². The Balaban J connectivity index is 2.17. The summed E-state index contributed by atoms with van der Waals surface area (Å²) in [5.41, 5.74) is 0.392. The monoisotopic (exact) mass is 382 g/mol. The molecule has 0 saturated heterocycles. The number of nitrogens with zero attached hydrogens (tertiary/aromatic N) is 3. The Kier molecular flexibility index (Phi) is 7.41. The molecule has 26 heavy (non-hydrogen) atoms. The van der Waals surface area contributed by atoms with Gasteiger partial charge in [0.05, 0.1) is 19.7 Å². The molecule has 142 valence electrons. The highest BCUT2D eigenvalue weighted by atomic mass is 35.5. The zero-order chi connectivity index (χ0) is 19.1. The average Bonchev–Trinajstić information content (AvgIpc) is 3.01. The van der Waals surface area contributed by atoms with Crippen molar-refractivity contribution in [1.82, 2.24) is 19.8 Å². The Labute approximate surface area is 157 Å². The van der Waals surface area contributed by atoms with Crippen LogP contribution in [0.15, 0.2) is 30.6 Å². The molecule has 0 radical (unpaired) electrons. The second-order valence-corrected chi connectivity index (χ2v) is 6.60. The van der Waals surface area contributed by atoms with Crippen LogP contribution in [0, 0.1) is 5.82 Å². The maximum atomic E-state index is 14.1. The normalized spacial score (nSPS) is 11.0. The van der Waals surface area contributed by atoms with Gasteiger partial charge in [-0.2, -0.15) is 0 Å². The number of carbonyl (C=O) groups is 1. The van der Waals surface area contributed by atoms with Gasteiger partial charge in [-0.25, -0.2) is 14.2 Å². The van der Waals surface area contributed by atoms with E-state index in [1.54, 1.807) is 41.1 Å². The minimum absolute atomic E-state index is 0.0181. The van der Waals surface area contributed by atoms with E-state index in [9.17, 15) is 9.18 Å². The molecule has 1 aromatic carbocycles. The lowest BCUT2D eigenvalue weighted by Crippen LogP contribution is -2.44. The number of ether oxygens (including phenoxy) is 1. The number of imidazole rings is 1. The number of benzene rings is 1. The van der Waals surface area contributed by atoms with Gasteiger partial charge in [0.25, 0.3) is 0 Å². The third-order valence-electron chi connectivity index (χ3n) is 3.79. The van der Waals surface area contributed by atoms with E-state index in [2.05, 4.69) is 10.3 Å². The number of carbonyl (C=O) groups excluding carboxylic acids is 1. The van der Waals surface area contributed by atoms with Crippen molar-refractivity contribution in [2.24, 2.45) is 0 Å². The summed E-state index contributed by atoms with van der Waals surface area (Å²) in [5, 5.41) is 3.22. The number of hydrogen-bond donors (Lipinski definition) is 1. The first-order valence-electron chi connectivity index (χ1n) is 8.39. The molecule has 2 aromatic rings. The number of nitrogens with one attached hydrogen (secondary N) is 1. The van der Waals surface area contributed by atoms with Gasteiger partial charge in [-0.1, -0.05) is 17.7 Å². The Bertz CT molecular complexity index is 715. The molecule has 0 aliphatic heterocycles. The lowest BCUT2D eigenvalue weighted by atomic mass is 10.2. The maximum Gasteiger partial charge on any atom is 0.318 e. The molecule has 0 unspecified atom stereocenters. The molecule has 0 atom stereocenters. The van der Waals surface area contributed by atoms with Crippen LogP contribution in [-0.4, -0.2) is 46.8 Å². The third-order valence-corrected chi connectivity index (χ3v) is 4.14. The van der Waals surface area contributed by atoms with Crippen LogP contribution in [0.3, 0.4) is 0 Å². The smallest absolute Gasteiger partial charge is 0.318 e. The van der Waals surface area contributed by atoms with Gasteiger partial charge in [0, 0.05) is 42.7 Å². The summed E-state index contributed by atoms with van der Waals surface area (Å²) in [5.74, 6) is 0.269. The van der Waals surface area contributed by atoms with Crippen LogP contribution >= 0.6 is 11.6 Å². The van der Waals surface area contributed by atoms with Gasteiger partial charge in [-0.05, 0) is 26.0 Å². The fourth-order valence-corrected chi connectivity index (χ4v) is 2.67. The first-order valence-corrected chi connectivity index (χ1v) is 8.77. The number of rotatable bonds is 8. The second kappa shape index (κ2) is 9.54. The molecule has 0 spiro atoms. The van der Waals surface area contributed by atoms with Crippen molar-refractivity contribution in [3.05, 3.63) is 52.8 Å². The third kappa shape index (κ3) is 5.44. The van der Waals surface area contributed by atoms with E-state index < -0.39 is 0 Å². The molecule has 2 rings (SSSR count). The van der Waals surface area contributed by atoms with Crippen molar-refractivity contribution < 1.29 is 13.9 Å². The van der Waals surface area contributed by atoms with Gasteiger partial charge in [0.1, 0.15) is 11.6 Å². The quantitative estimate of drug-likeness (QED) is 0.762. The summed E-state index contributed by atoms with van der Waals surface area (Å²) in [6.45, 7) is 5.14. The fraction of sp³-hybridized carbons (Fsp3) is 0.444. The zero-order valence-electron chi connectivity index (χ0n) is 15.2. The molecule has 0 aliphatic rings. The summed E-state index contributed by atoms with van der Waals surface area (Å²) in [7, 11) is 1.58. The second-order valence-electron chi connectivity index (χ2n) is 6.19. The molecule has 2 amide bonds. The van der Waals surface area contributed by atoms with Crippen LogP contribution in [0.25, 0.3) is 0 Å². The number of urea groups is 1. The van der Waals surface area contributed by atoms with Gasteiger partial charge >= 0.3 is 6.03 Å².